The molecule has 17 heavy (non-hydrogen) atoms. The van der Waals surface area contributed by atoms with E-state index in [-0.39, 0.29) is 5.82 Å². The predicted molar refractivity (Wildman–Crippen MR) is 73.1 cm³/mol. The van der Waals surface area contributed by atoms with Crippen molar-refractivity contribution < 1.29 is 9.19 Å². The Labute approximate surface area is 105 Å². The molecule has 1 N–H and O–H groups in total. The normalized spacial score (nSPS) is 12.5. The summed E-state index contributed by atoms with van der Waals surface area (Å²) in [4.78, 5) is 10.7. The van der Waals surface area contributed by atoms with Crippen LogP contribution in [0.2, 0.25) is 17.1 Å². The van der Waals surface area contributed by atoms with E-state index in [1.165, 1.54) is 6.07 Å². The Balaban J connectivity index is 2.71. The van der Waals surface area contributed by atoms with Crippen LogP contribution in [-0.4, -0.2) is 13.1 Å². The minimum Gasteiger partial charge on any atom is -0.431 e. The van der Waals surface area contributed by atoms with E-state index >= 15 is 0 Å². The van der Waals surface area contributed by atoms with Crippen molar-refractivity contribution in [1.82, 2.24) is 0 Å². The summed E-state index contributed by atoms with van der Waals surface area (Å²) in [7, 11) is -2.23. The number of benzene rings is 1. The first-order valence-corrected chi connectivity index (χ1v) is 8.64. The second-order valence-corrected chi connectivity index (χ2v) is 10.2. The van der Waals surface area contributed by atoms with Gasteiger partial charge in [0.25, 0.3) is 0 Å². The molecule has 0 radical (unpaired) electrons. The second-order valence-electron chi connectivity index (χ2n) is 5.43. The lowest BCUT2D eigenvalue weighted by Crippen LogP contribution is -2.41. The summed E-state index contributed by atoms with van der Waals surface area (Å²) in [6.07, 6.45) is 0.775. The molecule has 1 rings (SSSR count). The zero-order chi connectivity index (χ0) is 13.1. The first-order chi connectivity index (χ1) is 7.86. The molecule has 0 saturated carbocycles. The van der Waals surface area contributed by atoms with E-state index in [0.717, 1.165) is 18.0 Å². The molecule has 1 nitrogen and oxygen atoms in total. The summed E-state index contributed by atoms with van der Waals surface area (Å²) in [5.74, 6) is -0.193. The number of rotatable bonds is 5. The Hall–Kier alpha value is -0.673. The maximum absolute atomic E-state index is 13.1. The lowest BCUT2D eigenvalue weighted by Gasteiger charge is -2.33. The van der Waals surface area contributed by atoms with E-state index in [4.69, 9.17) is 0 Å². The van der Waals surface area contributed by atoms with E-state index in [9.17, 15) is 9.19 Å². The van der Waals surface area contributed by atoms with E-state index in [0.29, 0.717) is 11.1 Å². The molecule has 0 saturated heterocycles. The third-order valence-corrected chi connectivity index (χ3v) is 8.75. The number of hydrogen-bond acceptors (Lipinski definition) is 1. The van der Waals surface area contributed by atoms with Crippen LogP contribution in [0.25, 0.3) is 0 Å². The molecule has 0 aromatic heterocycles. The quantitative estimate of drug-likeness (QED) is 0.783. The standard InChI is InChI=1S/C14H23FOSi/c1-11(2)17(16,12(3)4)9-8-13-6-5-7-14(15)10-13/h5-7,10-12,16H,8-9H2,1-4H3. The van der Waals surface area contributed by atoms with Gasteiger partial charge in [-0.05, 0) is 41.2 Å². The molecule has 0 fully saturated rings. The van der Waals surface area contributed by atoms with Crippen LogP contribution in [0.1, 0.15) is 33.3 Å². The maximum Gasteiger partial charge on any atom is 0.193 e. The summed E-state index contributed by atoms with van der Waals surface area (Å²) in [5.41, 5.74) is 1.67. The fourth-order valence-electron chi connectivity index (χ4n) is 2.28. The van der Waals surface area contributed by atoms with Crippen LogP contribution in [0, 0.1) is 5.82 Å². The van der Waals surface area contributed by atoms with Crippen LogP contribution in [0.15, 0.2) is 24.3 Å². The van der Waals surface area contributed by atoms with Crippen LogP contribution in [0.3, 0.4) is 0 Å². The smallest absolute Gasteiger partial charge is 0.193 e. The maximum atomic E-state index is 13.1. The van der Waals surface area contributed by atoms with Crippen molar-refractivity contribution in [2.75, 3.05) is 0 Å². The molecular formula is C14H23FOSi. The van der Waals surface area contributed by atoms with Gasteiger partial charge in [0.2, 0.25) is 0 Å². The molecule has 96 valence electrons. The lowest BCUT2D eigenvalue weighted by atomic mass is 10.2. The van der Waals surface area contributed by atoms with Crippen molar-refractivity contribution >= 4 is 8.32 Å². The molecule has 0 heterocycles. The fraction of sp³-hybridized carbons (Fsp3) is 0.571. The van der Waals surface area contributed by atoms with Crippen molar-refractivity contribution in [2.45, 2.75) is 51.2 Å². The summed E-state index contributed by atoms with van der Waals surface area (Å²) >= 11 is 0. The van der Waals surface area contributed by atoms with Crippen LogP contribution < -0.4 is 0 Å². The number of aryl methyl sites for hydroxylation is 1. The number of hydrogen-bond donors (Lipinski definition) is 1. The summed E-state index contributed by atoms with van der Waals surface area (Å²) < 4.78 is 13.1. The topological polar surface area (TPSA) is 20.2 Å². The molecule has 0 aliphatic heterocycles. The Morgan fingerprint density at radius 1 is 1.18 bits per heavy atom. The van der Waals surface area contributed by atoms with Crippen molar-refractivity contribution in [3.63, 3.8) is 0 Å². The molecule has 0 unspecified atom stereocenters. The molecule has 0 spiro atoms. The molecule has 0 aliphatic rings. The summed E-state index contributed by atoms with van der Waals surface area (Å²) in [6.45, 7) is 8.38. The Kier molecular flexibility index (Phi) is 4.89. The number of halogens is 1. The van der Waals surface area contributed by atoms with Gasteiger partial charge in [-0.25, -0.2) is 4.39 Å². The SMILES string of the molecule is CC(C)[Si](O)(CCc1cccc(F)c1)C(C)C. The zero-order valence-corrected chi connectivity index (χ0v) is 12.2. The molecule has 1 aromatic carbocycles. The molecule has 1 aromatic rings. The van der Waals surface area contributed by atoms with E-state index in [1.807, 2.05) is 6.07 Å². The van der Waals surface area contributed by atoms with E-state index < -0.39 is 8.32 Å². The zero-order valence-electron chi connectivity index (χ0n) is 11.2. The largest absolute Gasteiger partial charge is 0.431 e. The average Bonchev–Trinajstić information content (AvgIpc) is 2.25. The summed E-state index contributed by atoms with van der Waals surface area (Å²) in [6, 6.07) is 7.49. The van der Waals surface area contributed by atoms with Crippen LogP contribution in [0.5, 0.6) is 0 Å². The molecule has 0 aliphatic carbocycles. The van der Waals surface area contributed by atoms with Gasteiger partial charge in [-0.15, -0.1) is 0 Å². The molecule has 0 bridgehead atoms. The van der Waals surface area contributed by atoms with Gasteiger partial charge in [-0.1, -0.05) is 39.8 Å². The van der Waals surface area contributed by atoms with Gasteiger partial charge in [0.15, 0.2) is 8.32 Å². The van der Waals surface area contributed by atoms with Gasteiger partial charge in [0.05, 0.1) is 0 Å². The van der Waals surface area contributed by atoms with E-state index in [1.54, 1.807) is 12.1 Å². The van der Waals surface area contributed by atoms with Gasteiger partial charge < -0.3 is 4.80 Å². The van der Waals surface area contributed by atoms with Gasteiger partial charge in [0.1, 0.15) is 5.82 Å². The third kappa shape index (κ3) is 3.65. The first-order valence-electron chi connectivity index (χ1n) is 6.33. The molecular weight excluding hydrogens is 231 g/mol. The highest BCUT2D eigenvalue weighted by Crippen LogP contribution is 2.34. The fourth-order valence-corrected chi connectivity index (χ4v) is 5.46. The van der Waals surface area contributed by atoms with E-state index in [2.05, 4.69) is 27.7 Å². The van der Waals surface area contributed by atoms with Crippen LogP contribution in [0.4, 0.5) is 4.39 Å². The molecule has 3 heteroatoms. The van der Waals surface area contributed by atoms with Crippen molar-refractivity contribution in [3.05, 3.63) is 35.6 Å². The highest BCUT2D eigenvalue weighted by Gasteiger charge is 2.37. The first kappa shape index (κ1) is 14.4. The average molecular weight is 254 g/mol. The minimum atomic E-state index is -2.23. The Bertz CT molecular complexity index is 355. The molecule has 0 atom stereocenters. The van der Waals surface area contributed by atoms with Gasteiger partial charge in [0, 0.05) is 0 Å². The third-order valence-electron chi connectivity index (χ3n) is 3.70. The van der Waals surface area contributed by atoms with Crippen molar-refractivity contribution in [2.24, 2.45) is 0 Å². The minimum absolute atomic E-state index is 0.193. The Morgan fingerprint density at radius 2 is 1.76 bits per heavy atom. The molecule has 0 amide bonds. The summed E-state index contributed by atoms with van der Waals surface area (Å²) in [5, 5.41) is 0. The van der Waals surface area contributed by atoms with Gasteiger partial charge >= 0.3 is 0 Å². The van der Waals surface area contributed by atoms with Gasteiger partial charge in [-0.3, -0.25) is 0 Å². The van der Waals surface area contributed by atoms with Gasteiger partial charge in [-0.2, -0.15) is 0 Å². The van der Waals surface area contributed by atoms with Crippen molar-refractivity contribution in [1.29, 1.82) is 0 Å². The van der Waals surface area contributed by atoms with Crippen LogP contribution in [-0.2, 0) is 6.42 Å². The Morgan fingerprint density at radius 3 is 2.24 bits per heavy atom. The predicted octanol–water partition coefficient (Wildman–Crippen LogP) is 4.13. The van der Waals surface area contributed by atoms with Crippen molar-refractivity contribution in [3.8, 4) is 0 Å². The highest BCUT2D eigenvalue weighted by atomic mass is 28.4. The second kappa shape index (κ2) is 5.78. The van der Waals surface area contributed by atoms with Crippen LogP contribution >= 0.6 is 0 Å². The lowest BCUT2D eigenvalue weighted by molar-refractivity contribution is 0.489. The monoisotopic (exact) mass is 254 g/mol. The highest BCUT2D eigenvalue weighted by molar-refractivity contribution is 6.75.